The molecule has 7 nitrogen and oxygen atoms in total. The Morgan fingerprint density at radius 1 is 0.939 bits per heavy atom. The van der Waals surface area contributed by atoms with Gasteiger partial charge in [-0.2, -0.15) is 0 Å². The quantitative estimate of drug-likeness (QED) is 0.333. The van der Waals surface area contributed by atoms with Gasteiger partial charge in [-0.1, -0.05) is 12.1 Å². The molecule has 0 N–H and O–H groups in total. The van der Waals surface area contributed by atoms with Gasteiger partial charge in [0.25, 0.3) is 11.6 Å². The van der Waals surface area contributed by atoms with Crippen molar-refractivity contribution in [1.82, 2.24) is 4.90 Å². The highest BCUT2D eigenvalue weighted by molar-refractivity contribution is 5.99. The Balaban J connectivity index is 1.70. The van der Waals surface area contributed by atoms with E-state index >= 15 is 0 Å². The summed E-state index contributed by atoms with van der Waals surface area (Å²) < 4.78 is 32.9. The maximum atomic E-state index is 13.8. The number of rotatable bonds is 4. The minimum Gasteiger partial charge on any atom is -0.450 e. The summed E-state index contributed by atoms with van der Waals surface area (Å²) in [5.41, 5.74) is 0.420. The highest BCUT2D eigenvalue weighted by atomic mass is 19.1. The maximum Gasteiger partial charge on any atom is 0.291 e. The molecule has 1 atom stereocenters. The van der Waals surface area contributed by atoms with Crippen molar-refractivity contribution in [3.63, 3.8) is 0 Å². The topological polar surface area (TPSA) is 93.7 Å². The van der Waals surface area contributed by atoms with E-state index in [0.717, 1.165) is 12.1 Å². The molecule has 0 bridgehead atoms. The van der Waals surface area contributed by atoms with Gasteiger partial charge in [0.1, 0.15) is 17.2 Å². The molecular formula is C24H14F2N2O5. The number of nitrogens with zero attached hydrogens (tertiary/aromatic N) is 2. The second kappa shape index (κ2) is 7.63. The number of nitro benzene ring substituents is 1. The van der Waals surface area contributed by atoms with Gasteiger partial charge < -0.3 is 9.32 Å². The molecule has 1 unspecified atom stereocenters. The monoisotopic (exact) mass is 448 g/mol. The fraction of sp³-hybridized carbons (Fsp3) is 0.0833. The predicted octanol–water partition coefficient (Wildman–Crippen LogP) is 4.72. The minimum absolute atomic E-state index is 0.0166. The average Bonchev–Trinajstić information content (AvgIpc) is 3.08. The van der Waals surface area contributed by atoms with Crippen LogP contribution in [0.15, 0.2) is 75.9 Å². The summed E-state index contributed by atoms with van der Waals surface area (Å²) in [6, 6.07) is 13.5. The molecule has 0 radical (unpaired) electrons. The third-order valence-electron chi connectivity index (χ3n) is 5.61. The lowest BCUT2D eigenvalue weighted by atomic mass is 9.98. The molecular weight excluding hydrogens is 434 g/mol. The molecule has 1 amide bonds. The summed E-state index contributed by atoms with van der Waals surface area (Å²) in [5, 5.41) is 11.0. The second-order valence-electron chi connectivity index (χ2n) is 7.63. The van der Waals surface area contributed by atoms with Crippen molar-refractivity contribution in [2.75, 3.05) is 0 Å². The van der Waals surface area contributed by atoms with Crippen LogP contribution in [0.25, 0.3) is 11.0 Å². The number of hydrogen-bond donors (Lipinski definition) is 0. The van der Waals surface area contributed by atoms with Crippen LogP contribution in [0.5, 0.6) is 0 Å². The van der Waals surface area contributed by atoms with Crippen LogP contribution in [0.3, 0.4) is 0 Å². The number of fused-ring (bicyclic) bond motifs is 2. The predicted molar refractivity (Wildman–Crippen MR) is 114 cm³/mol. The lowest BCUT2D eigenvalue weighted by Gasteiger charge is -2.25. The lowest BCUT2D eigenvalue weighted by molar-refractivity contribution is -0.384. The van der Waals surface area contributed by atoms with E-state index in [1.807, 2.05) is 0 Å². The molecule has 9 heteroatoms. The summed E-state index contributed by atoms with van der Waals surface area (Å²) >= 11 is 0. The van der Waals surface area contributed by atoms with Gasteiger partial charge in [0.2, 0.25) is 5.76 Å². The van der Waals surface area contributed by atoms with Crippen molar-refractivity contribution < 1.29 is 22.9 Å². The standard InChI is InChI=1S/C24H14F2N2O5/c25-15-5-1-13(2-6-15)12-27-21(14-3-8-17(9-4-14)28(31)32)20-22(29)18-11-16(26)7-10-19(18)33-23(20)24(27)30/h1-11,21H,12H2. The fourth-order valence-electron chi connectivity index (χ4n) is 4.07. The van der Waals surface area contributed by atoms with Crippen molar-refractivity contribution in [2.45, 2.75) is 12.6 Å². The van der Waals surface area contributed by atoms with Gasteiger partial charge >= 0.3 is 0 Å². The first kappa shape index (κ1) is 20.5. The van der Waals surface area contributed by atoms with Gasteiger partial charge in [-0.3, -0.25) is 19.7 Å². The molecule has 3 aromatic carbocycles. The third kappa shape index (κ3) is 3.43. The highest BCUT2D eigenvalue weighted by Gasteiger charge is 2.42. The largest absolute Gasteiger partial charge is 0.450 e. The maximum absolute atomic E-state index is 13.8. The molecule has 2 heterocycles. The summed E-state index contributed by atoms with van der Waals surface area (Å²) in [6.07, 6.45) is 0. The summed E-state index contributed by atoms with van der Waals surface area (Å²) in [6.45, 7) is 0.0229. The van der Waals surface area contributed by atoms with E-state index in [1.54, 1.807) is 0 Å². The van der Waals surface area contributed by atoms with Gasteiger partial charge in [0.15, 0.2) is 5.43 Å². The molecule has 1 aromatic heterocycles. The molecule has 0 saturated heterocycles. The fourth-order valence-corrected chi connectivity index (χ4v) is 4.07. The Morgan fingerprint density at radius 2 is 1.61 bits per heavy atom. The number of halogens is 2. The molecule has 0 fully saturated rings. The third-order valence-corrected chi connectivity index (χ3v) is 5.61. The number of non-ortho nitro benzene ring substituents is 1. The van der Waals surface area contributed by atoms with Crippen LogP contribution in [0.2, 0.25) is 0 Å². The zero-order chi connectivity index (χ0) is 23.3. The van der Waals surface area contributed by atoms with Crippen LogP contribution in [-0.2, 0) is 6.54 Å². The van der Waals surface area contributed by atoms with E-state index in [4.69, 9.17) is 4.42 Å². The first-order valence-electron chi connectivity index (χ1n) is 9.89. The Bertz CT molecular complexity index is 1480. The van der Waals surface area contributed by atoms with Crippen molar-refractivity contribution in [1.29, 1.82) is 0 Å². The molecule has 5 rings (SSSR count). The van der Waals surface area contributed by atoms with Crippen molar-refractivity contribution in [3.05, 3.63) is 121 Å². The van der Waals surface area contributed by atoms with E-state index in [2.05, 4.69) is 0 Å². The number of amides is 1. The Kier molecular flexibility index (Phi) is 4.74. The minimum atomic E-state index is -0.928. The van der Waals surface area contributed by atoms with E-state index in [0.29, 0.717) is 11.1 Å². The zero-order valence-corrected chi connectivity index (χ0v) is 16.8. The first-order chi connectivity index (χ1) is 15.8. The van der Waals surface area contributed by atoms with Crippen LogP contribution in [0.1, 0.15) is 33.3 Å². The molecule has 0 spiro atoms. The van der Waals surface area contributed by atoms with Gasteiger partial charge in [0.05, 0.1) is 21.9 Å². The second-order valence-corrected chi connectivity index (χ2v) is 7.63. The molecule has 4 aromatic rings. The van der Waals surface area contributed by atoms with E-state index in [-0.39, 0.29) is 34.5 Å². The van der Waals surface area contributed by atoms with Crippen LogP contribution in [-0.4, -0.2) is 15.7 Å². The Labute approximate surface area is 184 Å². The van der Waals surface area contributed by atoms with Gasteiger partial charge in [-0.25, -0.2) is 8.78 Å². The molecule has 1 aliphatic rings. The Hall–Kier alpha value is -4.40. The van der Waals surface area contributed by atoms with Gasteiger partial charge in [-0.05, 0) is 53.6 Å². The van der Waals surface area contributed by atoms with Crippen LogP contribution >= 0.6 is 0 Å². The molecule has 164 valence electrons. The number of hydrogen-bond acceptors (Lipinski definition) is 5. The van der Waals surface area contributed by atoms with Crippen molar-refractivity contribution in [3.8, 4) is 0 Å². The number of carbonyl (C=O) groups is 1. The molecule has 0 aliphatic carbocycles. The first-order valence-corrected chi connectivity index (χ1v) is 9.89. The number of benzene rings is 3. The SMILES string of the molecule is O=C1c2oc3ccc(F)cc3c(=O)c2C(c2ccc([N+](=O)[O-])cc2)N1Cc1ccc(F)cc1. The molecule has 0 saturated carbocycles. The summed E-state index contributed by atoms with van der Waals surface area (Å²) in [4.78, 5) is 38.6. The van der Waals surface area contributed by atoms with Gasteiger partial charge in [-0.15, -0.1) is 0 Å². The van der Waals surface area contributed by atoms with Crippen molar-refractivity contribution >= 4 is 22.6 Å². The zero-order valence-electron chi connectivity index (χ0n) is 16.8. The summed E-state index contributed by atoms with van der Waals surface area (Å²) in [7, 11) is 0. The normalized spacial score (nSPS) is 15.2. The average molecular weight is 448 g/mol. The van der Waals surface area contributed by atoms with E-state index < -0.39 is 33.9 Å². The van der Waals surface area contributed by atoms with E-state index in [1.165, 1.54) is 59.5 Å². The van der Waals surface area contributed by atoms with Crippen LogP contribution in [0, 0.1) is 21.7 Å². The van der Waals surface area contributed by atoms with Crippen molar-refractivity contribution in [2.24, 2.45) is 0 Å². The Morgan fingerprint density at radius 3 is 2.27 bits per heavy atom. The van der Waals surface area contributed by atoms with Gasteiger partial charge in [0, 0.05) is 18.7 Å². The van der Waals surface area contributed by atoms with Crippen LogP contribution < -0.4 is 5.43 Å². The van der Waals surface area contributed by atoms with E-state index in [9.17, 15) is 28.5 Å². The number of carbonyl (C=O) groups excluding carboxylic acids is 1. The van der Waals surface area contributed by atoms with Crippen LogP contribution in [0.4, 0.5) is 14.5 Å². The molecule has 33 heavy (non-hydrogen) atoms. The summed E-state index contributed by atoms with van der Waals surface area (Å²) in [5.74, 6) is -1.81. The number of nitro groups is 1. The molecule has 1 aliphatic heterocycles. The smallest absolute Gasteiger partial charge is 0.291 e. The highest BCUT2D eigenvalue weighted by Crippen LogP contribution is 2.39. The lowest BCUT2D eigenvalue weighted by Crippen LogP contribution is -2.29.